The molecule has 7 nitrogen and oxygen atoms in total. The van der Waals surface area contributed by atoms with E-state index in [0.717, 1.165) is 53.2 Å². The Hall–Kier alpha value is -3.07. The number of hydrogen-bond donors (Lipinski definition) is 1. The number of rotatable bonds is 8. The summed E-state index contributed by atoms with van der Waals surface area (Å²) in [5.74, 6) is 0.490. The quantitative estimate of drug-likeness (QED) is 0.341. The second kappa shape index (κ2) is 11.4. The molecule has 1 aromatic heterocycles. The van der Waals surface area contributed by atoms with Crippen LogP contribution in [0.5, 0.6) is 0 Å². The fourth-order valence-corrected chi connectivity index (χ4v) is 4.26. The van der Waals surface area contributed by atoms with E-state index in [9.17, 15) is 4.79 Å². The fourth-order valence-electron chi connectivity index (χ4n) is 3.77. The van der Waals surface area contributed by atoms with E-state index in [1.54, 1.807) is 12.3 Å². The molecule has 1 saturated heterocycles. The first-order valence-electron chi connectivity index (χ1n) is 11.2. The lowest BCUT2D eigenvalue weighted by Gasteiger charge is -2.32. The number of carbonyl (C=O) groups excluding carboxylic acids is 1. The minimum absolute atomic E-state index is 0.0302. The predicted molar refractivity (Wildman–Crippen MR) is 138 cm³/mol. The van der Waals surface area contributed by atoms with Gasteiger partial charge in [0.15, 0.2) is 0 Å². The van der Waals surface area contributed by atoms with E-state index in [0.29, 0.717) is 24.7 Å². The fraction of sp³-hybridized carbons (Fsp3) is 0.269. The van der Waals surface area contributed by atoms with Gasteiger partial charge in [0.2, 0.25) is 5.95 Å². The number of anilines is 2. The summed E-state index contributed by atoms with van der Waals surface area (Å²) in [6.07, 6.45) is 3.46. The number of likely N-dealkylation sites (N-methyl/N-ethyl adjacent to an activating group) is 1. The minimum atomic E-state index is 0.0302. The van der Waals surface area contributed by atoms with Gasteiger partial charge < -0.3 is 19.9 Å². The van der Waals surface area contributed by atoms with Crippen LogP contribution < -0.4 is 5.32 Å². The van der Waals surface area contributed by atoms with Gasteiger partial charge in [-0.2, -0.15) is 0 Å². The van der Waals surface area contributed by atoms with Crippen molar-refractivity contribution in [2.24, 2.45) is 0 Å². The lowest BCUT2D eigenvalue weighted by molar-refractivity contribution is 0.0664. The van der Waals surface area contributed by atoms with Crippen molar-refractivity contribution in [2.75, 3.05) is 45.2 Å². The van der Waals surface area contributed by atoms with E-state index in [1.165, 1.54) is 0 Å². The van der Waals surface area contributed by atoms with Gasteiger partial charge in [-0.1, -0.05) is 40.2 Å². The first kappa shape index (κ1) is 24.1. The van der Waals surface area contributed by atoms with Crippen molar-refractivity contribution >= 4 is 33.5 Å². The molecule has 2 aromatic carbocycles. The Balaban J connectivity index is 1.50. The lowest BCUT2D eigenvalue weighted by Crippen LogP contribution is -2.47. The smallest absolute Gasteiger partial charge is 0.254 e. The topological polar surface area (TPSA) is 70.6 Å². The molecule has 0 saturated carbocycles. The van der Waals surface area contributed by atoms with Gasteiger partial charge in [0, 0.05) is 53.7 Å². The average molecular weight is 522 g/mol. The van der Waals surface area contributed by atoms with Crippen LogP contribution in [-0.4, -0.2) is 65.5 Å². The third kappa shape index (κ3) is 6.28. The Morgan fingerprint density at radius 1 is 1.18 bits per heavy atom. The zero-order chi connectivity index (χ0) is 23.9. The Morgan fingerprint density at radius 3 is 2.79 bits per heavy atom. The molecule has 3 aromatic rings. The number of piperazine rings is 1. The van der Waals surface area contributed by atoms with Crippen molar-refractivity contribution < 1.29 is 9.53 Å². The zero-order valence-corrected chi connectivity index (χ0v) is 20.8. The van der Waals surface area contributed by atoms with Crippen molar-refractivity contribution in [2.45, 2.75) is 6.61 Å². The molecule has 0 atom stereocenters. The highest BCUT2D eigenvalue weighted by Gasteiger charge is 2.21. The Kier molecular flexibility index (Phi) is 8.05. The van der Waals surface area contributed by atoms with Gasteiger partial charge in [0.25, 0.3) is 5.91 Å². The van der Waals surface area contributed by atoms with Gasteiger partial charge in [-0.15, -0.1) is 6.58 Å². The van der Waals surface area contributed by atoms with Gasteiger partial charge in [-0.3, -0.25) is 4.79 Å². The second-order valence-corrected chi connectivity index (χ2v) is 9.13. The van der Waals surface area contributed by atoms with Crippen LogP contribution in [0, 0.1) is 0 Å². The molecule has 1 aliphatic heterocycles. The van der Waals surface area contributed by atoms with E-state index in [1.807, 2.05) is 47.4 Å². The van der Waals surface area contributed by atoms with Crippen LogP contribution >= 0.6 is 15.9 Å². The molecule has 34 heavy (non-hydrogen) atoms. The molecule has 1 aliphatic rings. The molecule has 1 N–H and O–H groups in total. The Bertz CT molecular complexity index is 1160. The van der Waals surface area contributed by atoms with Crippen LogP contribution in [0.2, 0.25) is 0 Å². The van der Waals surface area contributed by atoms with Crippen LogP contribution in [0.3, 0.4) is 0 Å². The molecule has 8 heteroatoms. The maximum absolute atomic E-state index is 13.0. The number of nitrogens with zero attached hydrogens (tertiary/aromatic N) is 4. The first-order chi connectivity index (χ1) is 16.5. The van der Waals surface area contributed by atoms with E-state index in [2.05, 4.69) is 55.8 Å². The molecule has 2 heterocycles. The van der Waals surface area contributed by atoms with Gasteiger partial charge in [-0.25, -0.2) is 9.97 Å². The first-order valence-corrected chi connectivity index (χ1v) is 12.0. The summed E-state index contributed by atoms with van der Waals surface area (Å²) in [5, 5.41) is 3.25. The Morgan fingerprint density at radius 2 is 2.00 bits per heavy atom. The summed E-state index contributed by atoms with van der Waals surface area (Å²) in [4.78, 5) is 26.2. The van der Waals surface area contributed by atoms with E-state index in [4.69, 9.17) is 4.74 Å². The summed E-state index contributed by atoms with van der Waals surface area (Å²) >= 11 is 3.54. The summed E-state index contributed by atoms with van der Waals surface area (Å²) < 4.78 is 6.37. The van der Waals surface area contributed by atoms with Gasteiger partial charge in [-0.05, 0) is 42.9 Å². The number of hydrogen-bond acceptors (Lipinski definition) is 6. The summed E-state index contributed by atoms with van der Waals surface area (Å²) in [6, 6.07) is 15.6. The molecule has 0 spiro atoms. The maximum Gasteiger partial charge on any atom is 0.254 e. The monoisotopic (exact) mass is 521 g/mol. The number of ether oxygens (including phenoxy) is 1. The number of halogens is 1. The summed E-state index contributed by atoms with van der Waals surface area (Å²) in [6.45, 7) is 7.92. The largest absolute Gasteiger partial charge is 0.373 e. The SMILES string of the molecule is C=CCOCc1cccc(-c2ccnc(Nc3cc(Br)cc(C(=O)N4CCN(C)CC4)c3)n2)c1. The Labute approximate surface area is 208 Å². The second-order valence-electron chi connectivity index (χ2n) is 8.22. The third-order valence-corrected chi connectivity index (χ3v) is 6.03. The normalized spacial score (nSPS) is 14.1. The molecule has 0 bridgehead atoms. The summed E-state index contributed by atoms with van der Waals surface area (Å²) in [7, 11) is 2.07. The number of benzene rings is 2. The predicted octanol–water partition coefficient (Wildman–Crippen LogP) is 4.74. The molecule has 4 rings (SSSR count). The molecule has 1 fully saturated rings. The standard InChI is InChI=1S/C26H28BrN5O2/c1-3-13-34-18-19-5-4-6-20(14-19)24-7-8-28-26(30-24)29-23-16-21(15-22(27)17-23)25(33)32-11-9-31(2)10-12-32/h3-8,14-17H,1,9-13,18H2,2H3,(H,28,29,30). The lowest BCUT2D eigenvalue weighted by atomic mass is 10.1. The van der Waals surface area contributed by atoms with Crippen LogP contribution in [0.15, 0.2) is 71.9 Å². The molecule has 0 radical (unpaired) electrons. The van der Waals surface area contributed by atoms with E-state index in [-0.39, 0.29) is 5.91 Å². The van der Waals surface area contributed by atoms with Crippen molar-refractivity contribution in [3.05, 3.63) is 83.0 Å². The summed E-state index contributed by atoms with van der Waals surface area (Å²) in [5.41, 5.74) is 4.21. The molecular weight excluding hydrogens is 494 g/mol. The zero-order valence-electron chi connectivity index (χ0n) is 19.2. The molecule has 1 amide bonds. The number of aromatic nitrogens is 2. The van der Waals surface area contributed by atoms with Crippen molar-refractivity contribution in [1.29, 1.82) is 0 Å². The van der Waals surface area contributed by atoms with Crippen LogP contribution in [-0.2, 0) is 11.3 Å². The van der Waals surface area contributed by atoms with Gasteiger partial charge >= 0.3 is 0 Å². The van der Waals surface area contributed by atoms with Gasteiger partial charge in [0.05, 0.1) is 18.9 Å². The number of amides is 1. The number of nitrogens with one attached hydrogen (secondary N) is 1. The van der Waals surface area contributed by atoms with Crippen molar-refractivity contribution in [1.82, 2.24) is 19.8 Å². The van der Waals surface area contributed by atoms with Crippen LogP contribution in [0.4, 0.5) is 11.6 Å². The third-order valence-electron chi connectivity index (χ3n) is 5.57. The van der Waals surface area contributed by atoms with Crippen LogP contribution in [0.1, 0.15) is 15.9 Å². The van der Waals surface area contributed by atoms with E-state index < -0.39 is 0 Å². The van der Waals surface area contributed by atoms with Crippen LogP contribution in [0.25, 0.3) is 11.3 Å². The maximum atomic E-state index is 13.0. The molecular formula is C26H28BrN5O2. The minimum Gasteiger partial charge on any atom is -0.373 e. The van der Waals surface area contributed by atoms with E-state index >= 15 is 0 Å². The van der Waals surface area contributed by atoms with Crippen molar-refractivity contribution in [3.63, 3.8) is 0 Å². The molecule has 176 valence electrons. The number of carbonyl (C=O) groups is 1. The van der Waals surface area contributed by atoms with Gasteiger partial charge in [0.1, 0.15) is 0 Å². The highest BCUT2D eigenvalue weighted by molar-refractivity contribution is 9.10. The average Bonchev–Trinajstić information content (AvgIpc) is 2.84. The highest BCUT2D eigenvalue weighted by atomic mass is 79.9. The molecule has 0 unspecified atom stereocenters. The van der Waals surface area contributed by atoms with Crippen molar-refractivity contribution in [3.8, 4) is 11.3 Å². The highest BCUT2D eigenvalue weighted by Crippen LogP contribution is 2.25. The molecule has 0 aliphatic carbocycles.